The predicted molar refractivity (Wildman–Crippen MR) is 72.6 cm³/mol. The lowest BCUT2D eigenvalue weighted by Crippen LogP contribution is -2.33. The molecule has 0 spiro atoms. The lowest BCUT2D eigenvalue weighted by atomic mass is 10.1. The molecule has 1 N–H and O–H groups in total. The second kappa shape index (κ2) is 4.04. The molecule has 0 bridgehead atoms. The largest absolute Gasteiger partial charge is 0.478 e. The highest BCUT2D eigenvalue weighted by Gasteiger charge is 2.62. The maximum atomic E-state index is 12.4. The average Bonchev–Trinajstić information content (AvgIpc) is 2.79. The minimum Gasteiger partial charge on any atom is -0.478 e. The average molecular weight is 274 g/mol. The Morgan fingerprint density at radius 1 is 1.30 bits per heavy atom. The van der Waals surface area contributed by atoms with Crippen LogP contribution in [0.5, 0.6) is 0 Å². The zero-order chi connectivity index (χ0) is 14.7. The van der Waals surface area contributed by atoms with Gasteiger partial charge in [-0.1, -0.05) is 13.8 Å². The molecule has 1 saturated heterocycles. The Kier molecular flexibility index (Phi) is 2.64. The van der Waals surface area contributed by atoms with Gasteiger partial charge in [-0.25, -0.2) is 9.78 Å². The van der Waals surface area contributed by atoms with Gasteiger partial charge in [0.2, 0.25) is 0 Å². The summed E-state index contributed by atoms with van der Waals surface area (Å²) in [7, 11) is 0. The molecule has 1 aliphatic heterocycles. The molecular formula is C15H18N2O3. The van der Waals surface area contributed by atoms with Crippen molar-refractivity contribution in [2.45, 2.75) is 20.8 Å². The first-order chi connectivity index (χ1) is 9.32. The number of nitrogens with zero attached hydrogens (tertiary/aromatic N) is 2. The molecule has 5 nitrogen and oxygen atoms in total. The minimum atomic E-state index is -1.02. The van der Waals surface area contributed by atoms with Crippen LogP contribution in [-0.2, 0) is 0 Å². The molecule has 2 unspecified atom stereocenters. The number of piperidine rings is 1. The van der Waals surface area contributed by atoms with Gasteiger partial charge in [-0.05, 0) is 36.3 Å². The van der Waals surface area contributed by atoms with Crippen LogP contribution in [-0.4, -0.2) is 40.0 Å². The van der Waals surface area contributed by atoms with Crippen LogP contribution < -0.4 is 0 Å². The fourth-order valence-electron chi connectivity index (χ4n) is 3.37. The second-order valence-corrected chi connectivity index (χ2v) is 6.38. The van der Waals surface area contributed by atoms with Gasteiger partial charge in [0.15, 0.2) is 0 Å². The molecule has 0 aromatic carbocycles. The first-order valence-electron chi connectivity index (χ1n) is 6.82. The quantitative estimate of drug-likeness (QED) is 0.893. The van der Waals surface area contributed by atoms with Crippen molar-refractivity contribution in [3.05, 3.63) is 29.1 Å². The van der Waals surface area contributed by atoms with Gasteiger partial charge < -0.3 is 10.0 Å². The van der Waals surface area contributed by atoms with Crippen LogP contribution in [0.1, 0.15) is 40.4 Å². The van der Waals surface area contributed by atoms with Gasteiger partial charge in [0, 0.05) is 13.1 Å². The van der Waals surface area contributed by atoms with Crippen molar-refractivity contribution in [1.29, 1.82) is 0 Å². The number of rotatable bonds is 2. The molecule has 1 aliphatic carbocycles. The zero-order valence-corrected chi connectivity index (χ0v) is 11.9. The molecule has 2 aliphatic rings. The summed E-state index contributed by atoms with van der Waals surface area (Å²) >= 11 is 0. The van der Waals surface area contributed by atoms with Crippen LogP contribution in [0.15, 0.2) is 12.1 Å². The SMILES string of the molecule is Cc1nc(C(=O)N2CC3C(C2)C3(C)C)ccc1C(=O)O. The summed E-state index contributed by atoms with van der Waals surface area (Å²) in [6, 6.07) is 2.96. The summed E-state index contributed by atoms with van der Waals surface area (Å²) in [5, 5.41) is 8.97. The smallest absolute Gasteiger partial charge is 0.337 e. The van der Waals surface area contributed by atoms with Crippen molar-refractivity contribution in [1.82, 2.24) is 9.88 Å². The minimum absolute atomic E-state index is 0.0898. The summed E-state index contributed by atoms with van der Waals surface area (Å²) in [6.07, 6.45) is 0. The van der Waals surface area contributed by atoms with Gasteiger partial charge in [-0.3, -0.25) is 4.79 Å². The van der Waals surface area contributed by atoms with E-state index in [0.29, 0.717) is 28.6 Å². The molecular weight excluding hydrogens is 256 g/mol. The molecule has 2 heterocycles. The van der Waals surface area contributed by atoms with E-state index in [-0.39, 0.29) is 11.5 Å². The Labute approximate surface area is 117 Å². The monoisotopic (exact) mass is 274 g/mol. The van der Waals surface area contributed by atoms with E-state index in [9.17, 15) is 9.59 Å². The van der Waals surface area contributed by atoms with Gasteiger partial charge in [0.25, 0.3) is 5.91 Å². The third kappa shape index (κ3) is 1.80. The summed E-state index contributed by atoms with van der Waals surface area (Å²) < 4.78 is 0. The molecule has 3 rings (SSSR count). The number of carboxylic acid groups (broad SMARTS) is 1. The van der Waals surface area contributed by atoms with Crippen LogP contribution in [0.25, 0.3) is 0 Å². The van der Waals surface area contributed by atoms with Crippen LogP contribution in [0.3, 0.4) is 0 Å². The van der Waals surface area contributed by atoms with Crippen molar-refractivity contribution in [3.8, 4) is 0 Å². The number of carbonyl (C=O) groups excluding carboxylic acids is 1. The molecule has 1 saturated carbocycles. The fourth-order valence-corrected chi connectivity index (χ4v) is 3.37. The molecule has 2 atom stereocenters. The number of hydrogen-bond acceptors (Lipinski definition) is 3. The van der Waals surface area contributed by atoms with E-state index in [1.54, 1.807) is 6.92 Å². The highest BCUT2D eigenvalue weighted by molar-refractivity contribution is 5.94. The molecule has 20 heavy (non-hydrogen) atoms. The summed E-state index contributed by atoms with van der Waals surface area (Å²) in [5.41, 5.74) is 1.24. The lowest BCUT2D eigenvalue weighted by Gasteiger charge is -2.21. The number of hydrogen-bond donors (Lipinski definition) is 1. The summed E-state index contributed by atoms with van der Waals surface area (Å²) in [4.78, 5) is 29.3. The van der Waals surface area contributed by atoms with Crippen molar-refractivity contribution in [3.63, 3.8) is 0 Å². The van der Waals surface area contributed by atoms with E-state index in [0.717, 1.165) is 13.1 Å². The molecule has 1 aromatic rings. The molecule has 1 aromatic heterocycles. The summed E-state index contributed by atoms with van der Waals surface area (Å²) in [6.45, 7) is 7.68. The van der Waals surface area contributed by atoms with E-state index in [4.69, 9.17) is 5.11 Å². The number of carboxylic acids is 1. The van der Waals surface area contributed by atoms with Crippen molar-refractivity contribution >= 4 is 11.9 Å². The van der Waals surface area contributed by atoms with Crippen LogP contribution in [0.4, 0.5) is 0 Å². The van der Waals surface area contributed by atoms with Crippen LogP contribution >= 0.6 is 0 Å². The molecule has 106 valence electrons. The van der Waals surface area contributed by atoms with E-state index >= 15 is 0 Å². The normalized spacial score (nSPS) is 26.2. The van der Waals surface area contributed by atoms with Crippen molar-refractivity contribution < 1.29 is 14.7 Å². The predicted octanol–water partition coefficient (Wildman–Crippen LogP) is 1.82. The lowest BCUT2D eigenvalue weighted by molar-refractivity contribution is 0.0691. The molecule has 0 radical (unpaired) electrons. The third-order valence-electron chi connectivity index (χ3n) is 4.94. The van der Waals surface area contributed by atoms with E-state index < -0.39 is 5.97 Å². The van der Waals surface area contributed by atoms with Gasteiger partial charge in [0.05, 0.1) is 11.3 Å². The number of aromatic carboxylic acids is 1. The number of pyridine rings is 1. The first-order valence-corrected chi connectivity index (χ1v) is 6.82. The second-order valence-electron chi connectivity index (χ2n) is 6.38. The number of carbonyl (C=O) groups is 2. The van der Waals surface area contributed by atoms with E-state index in [1.807, 2.05) is 4.90 Å². The number of amides is 1. The molecule has 2 fully saturated rings. The van der Waals surface area contributed by atoms with Gasteiger partial charge in [-0.15, -0.1) is 0 Å². The number of fused-ring (bicyclic) bond motifs is 1. The van der Waals surface area contributed by atoms with Crippen LogP contribution in [0, 0.1) is 24.2 Å². The Balaban J connectivity index is 1.76. The first kappa shape index (κ1) is 13.1. The standard InChI is InChI=1S/C15H18N2O3/c1-8-9(14(19)20)4-5-12(16-8)13(18)17-6-10-11(7-17)15(10,2)3/h4-5,10-11H,6-7H2,1-3H3,(H,19,20). The summed E-state index contributed by atoms with van der Waals surface area (Å²) in [5.74, 6) is 0.0999. The number of likely N-dealkylation sites (tertiary alicyclic amines) is 1. The van der Waals surface area contributed by atoms with E-state index in [1.165, 1.54) is 12.1 Å². The topological polar surface area (TPSA) is 70.5 Å². The Morgan fingerprint density at radius 2 is 1.90 bits per heavy atom. The van der Waals surface area contributed by atoms with Crippen molar-refractivity contribution in [2.24, 2.45) is 17.3 Å². The van der Waals surface area contributed by atoms with Gasteiger partial charge >= 0.3 is 5.97 Å². The highest BCUT2D eigenvalue weighted by Crippen LogP contribution is 2.62. The maximum absolute atomic E-state index is 12.4. The molecule has 5 heteroatoms. The highest BCUT2D eigenvalue weighted by atomic mass is 16.4. The van der Waals surface area contributed by atoms with E-state index in [2.05, 4.69) is 18.8 Å². The zero-order valence-electron chi connectivity index (χ0n) is 11.9. The Hall–Kier alpha value is -1.91. The molecule has 1 amide bonds. The van der Waals surface area contributed by atoms with Gasteiger partial charge in [-0.2, -0.15) is 0 Å². The van der Waals surface area contributed by atoms with Gasteiger partial charge in [0.1, 0.15) is 5.69 Å². The number of aryl methyl sites for hydroxylation is 1. The Morgan fingerprint density at radius 3 is 2.40 bits per heavy atom. The number of aromatic nitrogens is 1. The fraction of sp³-hybridized carbons (Fsp3) is 0.533. The maximum Gasteiger partial charge on any atom is 0.337 e. The van der Waals surface area contributed by atoms with Crippen molar-refractivity contribution in [2.75, 3.05) is 13.1 Å². The third-order valence-corrected chi connectivity index (χ3v) is 4.94. The Bertz CT molecular complexity index is 595. The van der Waals surface area contributed by atoms with Crippen LogP contribution in [0.2, 0.25) is 0 Å².